The molecule has 0 amide bonds. The summed E-state index contributed by atoms with van der Waals surface area (Å²) in [5.41, 5.74) is 0. The predicted molar refractivity (Wildman–Crippen MR) is 68.8 cm³/mol. The van der Waals surface area contributed by atoms with Crippen molar-refractivity contribution in [3.05, 3.63) is 0 Å². The number of rotatable bonds is 10. The quantitative estimate of drug-likeness (QED) is 0.618. The van der Waals surface area contributed by atoms with E-state index >= 15 is 0 Å². The van der Waals surface area contributed by atoms with E-state index < -0.39 is 0 Å². The number of ether oxygens (including phenoxy) is 1. The SMILES string of the molecule is CCCCN(CCNC(C)COC)C1CC1. The van der Waals surface area contributed by atoms with E-state index in [2.05, 4.69) is 24.1 Å². The van der Waals surface area contributed by atoms with Crippen LogP contribution in [0.3, 0.4) is 0 Å². The Morgan fingerprint density at radius 1 is 1.38 bits per heavy atom. The van der Waals surface area contributed by atoms with Crippen LogP contribution in [0.25, 0.3) is 0 Å². The number of methoxy groups -OCH3 is 1. The lowest BCUT2D eigenvalue weighted by atomic mass is 10.3. The Hall–Kier alpha value is -0.120. The maximum Gasteiger partial charge on any atom is 0.0613 e. The molecular weight excluding hydrogens is 200 g/mol. The van der Waals surface area contributed by atoms with Crippen LogP contribution in [0.2, 0.25) is 0 Å². The summed E-state index contributed by atoms with van der Waals surface area (Å²) in [7, 11) is 1.76. The minimum atomic E-state index is 0.470. The van der Waals surface area contributed by atoms with Gasteiger partial charge in [-0.2, -0.15) is 0 Å². The lowest BCUT2D eigenvalue weighted by Crippen LogP contribution is -2.39. The van der Waals surface area contributed by atoms with Crippen LogP contribution in [0.15, 0.2) is 0 Å². The van der Waals surface area contributed by atoms with Crippen LogP contribution < -0.4 is 5.32 Å². The Bertz CT molecular complexity index is 171. The first-order chi connectivity index (χ1) is 7.77. The third-order valence-electron chi connectivity index (χ3n) is 3.17. The molecule has 0 heterocycles. The zero-order valence-electron chi connectivity index (χ0n) is 11.2. The highest BCUT2D eigenvalue weighted by atomic mass is 16.5. The molecule has 1 atom stereocenters. The fourth-order valence-corrected chi connectivity index (χ4v) is 2.04. The number of hydrogen-bond donors (Lipinski definition) is 1. The Balaban J connectivity index is 2.07. The van der Waals surface area contributed by atoms with Crippen LogP contribution in [-0.4, -0.2) is 50.3 Å². The van der Waals surface area contributed by atoms with E-state index in [1.165, 1.54) is 38.8 Å². The standard InChI is InChI=1S/C13H28N2O/c1-4-5-9-15(13-6-7-13)10-8-14-12(2)11-16-3/h12-14H,4-11H2,1-3H3. The molecule has 0 saturated heterocycles. The van der Waals surface area contributed by atoms with Gasteiger partial charge in [-0.05, 0) is 32.7 Å². The number of hydrogen-bond acceptors (Lipinski definition) is 3. The van der Waals surface area contributed by atoms with Crippen LogP contribution in [0, 0.1) is 0 Å². The molecule has 1 aliphatic carbocycles. The maximum absolute atomic E-state index is 5.11. The average molecular weight is 228 g/mol. The van der Waals surface area contributed by atoms with Crippen molar-refractivity contribution < 1.29 is 4.74 Å². The molecule has 0 bridgehead atoms. The molecule has 1 fully saturated rings. The molecule has 1 unspecified atom stereocenters. The second-order valence-electron chi connectivity index (χ2n) is 4.93. The maximum atomic E-state index is 5.11. The highest BCUT2D eigenvalue weighted by molar-refractivity contribution is 4.84. The second-order valence-corrected chi connectivity index (χ2v) is 4.93. The van der Waals surface area contributed by atoms with Crippen molar-refractivity contribution in [1.82, 2.24) is 10.2 Å². The molecule has 0 spiro atoms. The fourth-order valence-electron chi connectivity index (χ4n) is 2.04. The van der Waals surface area contributed by atoms with E-state index in [0.29, 0.717) is 6.04 Å². The molecule has 0 aliphatic heterocycles. The van der Waals surface area contributed by atoms with E-state index in [1.54, 1.807) is 7.11 Å². The second kappa shape index (κ2) is 8.04. The van der Waals surface area contributed by atoms with Gasteiger partial charge in [-0.25, -0.2) is 0 Å². The molecule has 96 valence electrons. The Labute approximate surface area is 101 Å². The molecule has 0 aromatic rings. The monoisotopic (exact) mass is 228 g/mol. The summed E-state index contributed by atoms with van der Waals surface area (Å²) in [6.45, 7) is 8.81. The fraction of sp³-hybridized carbons (Fsp3) is 1.00. The minimum absolute atomic E-state index is 0.470. The normalized spacial score (nSPS) is 18.0. The van der Waals surface area contributed by atoms with Gasteiger partial charge < -0.3 is 10.1 Å². The van der Waals surface area contributed by atoms with Gasteiger partial charge in [0.05, 0.1) is 6.61 Å². The van der Waals surface area contributed by atoms with E-state index in [1.807, 2.05) is 0 Å². The van der Waals surface area contributed by atoms with Gasteiger partial charge in [-0.3, -0.25) is 4.90 Å². The first-order valence-electron chi connectivity index (χ1n) is 6.74. The van der Waals surface area contributed by atoms with Crippen LogP contribution in [0.1, 0.15) is 39.5 Å². The molecular formula is C13H28N2O. The van der Waals surface area contributed by atoms with Crippen molar-refractivity contribution in [2.45, 2.75) is 51.6 Å². The van der Waals surface area contributed by atoms with Gasteiger partial charge in [0.25, 0.3) is 0 Å². The summed E-state index contributed by atoms with van der Waals surface area (Å²) in [4.78, 5) is 2.65. The minimum Gasteiger partial charge on any atom is -0.383 e. The Morgan fingerprint density at radius 2 is 2.12 bits per heavy atom. The molecule has 0 aromatic carbocycles. The van der Waals surface area contributed by atoms with E-state index in [9.17, 15) is 0 Å². The molecule has 3 nitrogen and oxygen atoms in total. The van der Waals surface area contributed by atoms with Crippen molar-refractivity contribution in [2.24, 2.45) is 0 Å². The first kappa shape index (κ1) is 13.9. The average Bonchev–Trinajstić information content (AvgIpc) is 3.07. The molecule has 1 aliphatic rings. The number of nitrogens with one attached hydrogen (secondary N) is 1. The van der Waals surface area contributed by atoms with E-state index in [4.69, 9.17) is 4.74 Å². The predicted octanol–water partition coefficient (Wildman–Crippen LogP) is 1.88. The van der Waals surface area contributed by atoms with Crippen molar-refractivity contribution >= 4 is 0 Å². The highest BCUT2D eigenvalue weighted by Crippen LogP contribution is 2.26. The molecule has 1 rings (SSSR count). The van der Waals surface area contributed by atoms with Crippen LogP contribution in [0.4, 0.5) is 0 Å². The van der Waals surface area contributed by atoms with Gasteiger partial charge in [0, 0.05) is 32.3 Å². The van der Waals surface area contributed by atoms with Gasteiger partial charge in [-0.1, -0.05) is 13.3 Å². The molecule has 0 aromatic heterocycles. The Morgan fingerprint density at radius 3 is 2.69 bits per heavy atom. The summed E-state index contributed by atoms with van der Waals surface area (Å²) in [6, 6.07) is 1.36. The van der Waals surface area contributed by atoms with Crippen molar-refractivity contribution in [2.75, 3.05) is 33.4 Å². The summed E-state index contributed by atoms with van der Waals surface area (Å²) in [5, 5.41) is 3.51. The zero-order valence-corrected chi connectivity index (χ0v) is 11.2. The summed E-state index contributed by atoms with van der Waals surface area (Å²) >= 11 is 0. The van der Waals surface area contributed by atoms with Gasteiger partial charge in [0.1, 0.15) is 0 Å². The zero-order chi connectivity index (χ0) is 11.8. The number of nitrogens with zero attached hydrogens (tertiary/aromatic N) is 1. The first-order valence-corrected chi connectivity index (χ1v) is 6.74. The summed E-state index contributed by atoms with van der Waals surface area (Å²) in [6.07, 6.45) is 5.47. The van der Waals surface area contributed by atoms with Crippen LogP contribution in [0.5, 0.6) is 0 Å². The van der Waals surface area contributed by atoms with E-state index in [-0.39, 0.29) is 0 Å². The molecule has 3 heteroatoms. The summed E-state index contributed by atoms with van der Waals surface area (Å²) < 4.78 is 5.11. The van der Waals surface area contributed by atoms with Crippen molar-refractivity contribution in [1.29, 1.82) is 0 Å². The topological polar surface area (TPSA) is 24.5 Å². The molecule has 16 heavy (non-hydrogen) atoms. The lowest BCUT2D eigenvalue weighted by molar-refractivity contribution is 0.168. The van der Waals surface area contributed by atoms with Crippen molar-refractivity contribution in [3.63, 3.8) is 0 Å². The van der Waals surface area contributed by atoms with Gasteiger partial charge in [0.2, 0.25) is 0 Å². The molecule has 1 N–H and O–H groups in total. The van der Waals surface area contributed by atoms with E-state index in [0.717, 1.165) is 19.2 Å². The smallest absolute Gasteiger partial charge is 0.0613 e. The van der Waals surface area contributed by atoms with Crippen molar-refractivity contribution in [3.8, 4) is 0 Å². The summed E-state index contributed by atoms with van der Waals surface area (Å²) in [5.74, 6) is 0. The van der Waals surface area contributed by atoms with Crippen LogP contribution in [-0.2, 0) is 4.74 Å². The lowest BCUT2D eigenvalue weighted by Gasteiger charge is -2.23. The van der Waals surface area contributed by atoms with Gasteiger partial charge >= 0.3 is 0 Å². The largest absolute Gasteiger partial charge is 0.383 e. The third kappa shape index (κ3) is 5.83. The number of unbranched alkanes of at least 4 members (excludes halogenated alkanes) is 1. The molecule has 1 saturated carbocycles. The van der Waals surface area contributed by atoms with Crippen LogP contribution >= 0.6 is 0 Å². The third-order valence-corrected chi connectivity index (χ3v) is 3.17. The van der Waals surface area contributed by atoms with Gasteiger partial charge in [-0.15, -0.1) is 0 Å². The molecule has 0 radical (unpaired) electrons. The van der Waals surface area contributed by atoms with Gasteiger partial charge in [0.15, 0.2) is 0 Å². The highest BCUT2D eigenvalue weighted by Gasteiger charge is 2.27. The Kier molecular flexibility index (Phi) is 7.01.